The summed E-state index contributed by atoms with van der Waals surface area (Å²) < 4.78 is 25.9. The Balaban J connectivity index is 2.19. The van der Waals surface area contributed by atoms with Crippen LogP contribution in [0.2, 0.25) is 5.02 Å². The molecule has 1 unspecified atom stereocenters. The van der Waals surface area contributed by atoms with Gasteiger partial charge >= 0.3 is 6.09 Å². The number of piperidine rings is 1. The Morgan fingerprint density at radius 1 is 1.46 bits per heavy atom. The molecule has 7 heteroatoms. The first-order valence-electron chi connectivity index (χ1n) is 8.96. The summed E-state index contributed by atoms with van der Waals surface area (Å²) in [7, 11) is 0. The Morgan fingerprint density at radius 2 is 2.19 bits per heavy atom. The first-order valence-corrected chi connectivity index (χ1v) is 9.34. The first kappa shape index (κ1) is 20.9. The molecule has 0 aliphatic carbocycles. The smallest absolute Gasteiger partial charge is 0.410 e. The van der Waals surface area contributed by atoms with Gasteiger partial charge in [0.25, 0.3) is 0 Å². The molecule has 0 radical (unpaired) electrons. The lowest BCUT2D eigenvalue weighted by Crippen LogP contribution is -2.44. The van der Waals surface area contributed by atoms with Crippen molar-refractivity contribution in [2.75, 3.05) is 26.2 Å². The fourth-order valence-corrected chi connectivity index (χ4v) is 3.35. The standard InChI is InChI=1S/C19H28ClFN2O3/c1-19(2,3)26-18(24)23-10-5-6-13(12-23)17(25-11-9-22)14-7-4-8-15(20)16(14)21/h4,7-8,13,17H,5-6,9-12,22H2,1-3H3/t13-,17?/m1/s1. The number of amides is 1. The third-order valence-corrected chi connectivity index (χ3v) is 4.53. The predicted octanol–water partition coefficient (Wildman–Crippen LogP) is 4.14. The van der Waals surface area contributed by atoms with Gasteiger partial charge in [-0.2, -0.15) is 0 Å². The van der Waals surface area contributed by atoms with Crippen molar-refractivity contribution in [3.05, 3.63) is 34.6 Å². The molecule has 1 heterocycles. The molecule has 2 rings (SSSR count). The zero-order valence-corrected chi connectivity index (χ0v) is 16.4. The molecule has 2 atom stereocenters. The monoisotopic (exact) mass is 386 g/mol. The molecule has 1 aliphatic heterocycles. The third kappa shape index (κ3) is 5.56. The molecule has 2 N–H and O–H groups in total. The summed E-state index contributed by atoms with van der Waals surface area (Å²) in [6, 6.07) is 4.89. The number of nitrogens with two attached hydrogens (primary N) is 1. The molecule has 1 amide bonds. The average Bonchev–Trinajstić information content (AvgIpc) is 2.57. The zero-order valence-electron chi connectivity index (χ0n) is 15.6. The number of hydrogen-bond donors (Lipinski definition) is 1. The van der Waals surface area contributed by atoms with E-state index in [9.17, 15) is 9.18 Å². The van der Waals surface area contributed by atoms with Gasteiger partial charge in [-0.05, 0) is 39.7 Å². The average molecular weight is 387 g/mol. The van der Waals surface area contributed by atoms with Crippen LogP contribution in [0.5, 0.6) is 0 Å². The minimum atomic E-state index is -0.557. The van der Waals surface area contributed by atoms with Gasteiger partial charge in [-0.3, -0.25) is 0 Å². The second-order valence-corrected chi connectivity index (χ2v) is 7.96. The second-order valence-electron chi connectivity index (χ2n) is 7.55. The molecule has 1 saturated heterocycles. The van der Waals surface area contributed by atoms with E-state index in [0.717, 1.165) is 12.8 Å². The summed E-state index contributed by atoms with van der Waals surface area (Å²) in [4.78, 5) is 14.1. The second kappa shape index (κ2) is 9.02. The molecular formula is C19H28ClFN2O3. The topological polar surface area (TPSA) is 64.8 Å². The predicted molar refractivity (Wildman–Crippen MR) is 99.7 cm³/mol. The molecule has 0 saturated carbocycles. The largest absolute Gasteiger partial charge is 0.444 e. The van der Waals surface area contributed by atoms with Crippen molar-refractivity contribution in [1.29, 1.82) is 0 Å². The Labute approximate surface area is 159 Å². The Hall–Kier alpha value is -1.37. The van der Waals surface area contributed by atoms with E-state index in [-0.39, 0.29) is 17.0 Å². The summed E-state index contributed by atoms with van der Waals surface area (Å²) in [6.07, 6.45) is 0.753. The van der Waals surface area contributed by atoms with E-state index in [1.165, 1.54) is 6.07 Å². The van der Waals surface area contributed by atoms with Gasteiger partial charge in [0.15, 0.2) is 0 Å². The molecule has 1 fully saturated rings. The molecular weight excluding hydrogens is 359 g/mol. The van der Waals surface area contributed by atoms with Gasteiger partial charge in [0.1, 0.15) is 11.4 Å². The van der Waals surface area contributed by atoms with Crippen molar-refractivity contribution in [3.63, 3.8) is 0 Å². The SMILES string of the molecule is CC(C)(C)OC(=O)N1CCC[C@@H](C(OCCN)c2cccc(Cl)c2F)C1. The van der Waals surface area contributed by atoms with Crippen LogP contribution in [0, 0.1) is 11.7 Å². The van der Waals surface area contributed by atoms with Gasteiger partial charge in [0.2, 0.25) is 0 Å². The minimum Gasteiger partial charge on any atom is -0.444 e. The highest BCUT2D eigenvalue weighted by atomic mass is 35.5. The number of rotatable bonds is 5. The molecule has 0 spiro atoms. The summed E-state index contributed by atoms with van der Waals surface area (Å²) >= 11 is 5.94. The molecule has 146 valence electrons. The molecule has 0 aromatic heterocycles. The van der Waals surface area contributed by atoms with Crippen LogP contribution < -0.4 is 5.73 Å². The van der Waals surface area contributed by atoms with E-state index >= 15 is 0 Å². The highest BCUT2D eigenvalue weighted by Crippen LogP contribution is 2.36. The zero-order chi connectivity index (χ0) is 19.3. The molecule has 26 heavy (non-hydrogen) atoms. The van der Waals surface area contributed by atoms with E-state index in [1.54, 1.807) is 17.0 Å². The van der Waals surface area contributed by atoms with E-state index in [4.69, 9.17) is 26.8 Å². The van der Waals surface area contributed by atoms with Crippen molar-refractivity contribution in [3.8, 4) is 0 Å². The van der Waals surface area contributed by atoms with Crippen LogP contribution in [0.15, 0.2) is 18.2 Å². The number of nitrogens with zero attached hydrogens (tertiary/aromatic N) is 1. The minimum absolute atomic E-state index is 0.0589. The molecule has 1 aromatic rings. The van der Waals surface area contributed by atoms with Gasteiger partial charge < -0.3 is 20.1 Å². The van der Waals surface area contributed by atoms with Crippen LogP contribution in [-0.2, 0) is 9.47 Å². The van der Waals surface area contributed by atoms with Crippen LogP contribution in [-0.4, -0.2) is 42.8 Å². The summed E-state index contributed by atoms with van der Waals surface area (Å²) in [5, 5.41) is 0.0589. The fourth-order valence-electron chi connectivity index (χ4n) is 3.16. The van der Waals surface area contributed by atoms with Gasteiger partial charge in [0.05, 0.1) is 17.7 Å². The van der Waals surface area contributed by atoms with Gasteiger partial charge in [-0.1, -0.05) is 23.7 Å². The first-order chi connectivity index (χ1) is 12.2. The molecule has 1 aliphatic rings. The van der Waals surface area contributed by atoms with Crippen molar-refractivity contribution < 1.29 is 18.7 Å². The van der Waals surface area contributed by atoms with Crippen LogP contribution >= 0.6 is 11.6 Å². The maximum atomic E-state index is 14.6. The lowest BCUT2D eigenvalue weighted by Gasteiger charge is -2.37. The Morgan fingerprint density at radius 3 is 2.85 bits per heavy atom. The van der Waals surface area contributed by atoms with Crippen LogP contribution in [0.25, 0.3) is 0 Å². The van der Waals surface area contributed by atoms with Gasteiger partial charge in [-0.25, -0.2) is 9.18 Å². The summed E-state index contributed by atoms with van der Waals surface area (Å²) in [6.45, 7) is 7.20. The van der Waals surface area contributed by atoms with E-state index in [1.807, 2.05) is 20.8 Å². The van der Waals surface area contributed by atoms with E-state index in [0.29, 0.717) is 31.8 Å². The van der Waals surface area contributed by atoms with Crippen molar-refractivity contribution in [2.24, 2.45) is 11.7 Å². The number of likely N-dealkylation sites (tertiary alicyclic amines) is 1. The van der Waals surface area contributed by atoms with Crippen molar-refractivity contribution >= 4 is 17.7 Å². The maximum Gasteiger partial charge on any atom is 0.410 e. The van der Waals surface area contributed by atoms with Gasteiger partial charge in [-0.15, -0.1) is 0 Å². The Bertz CT molecular complexity index is 621. The van der Waals surface area contributed by atoms with Gasteiger partial charge in [0, 0.05) is 31.1 Å². The number of hydrogen-bond acceptors (Lipinski definition) is 4. The molecule has 0 bridgehead atoms. The van der Waals surface area contributed by atoms with E-state index < -0.39 is 17.5 Å². The number of halogens is 2. The highest BCUT2D eigenvalue weighted by Gasteiger charge is 2.34. The quantitative estimate of drug-likeness (QED) is 0.825. The van der Waals surface area contributed by atoms with Crippen LogP contribution in [0.3, 0.4) is 0 Å². The van der Waals surface area contributed by atoms with Crippen LogP contribution in [0.1, 0.15) is 45.3 Å². The normalized spacial score (nSPS) is 19.3. The lowest BCUT2D eigenvalue weighted by atomic mass is 9.88. The third-order valence-electron chi connectivity index (χ3n) is 4.24. The molecule has 1 aromatic carbocycles. The number of benzene rings is 1. The maximum absolute atomic E-state index is 14.6. The number of carbonyl (C=O) groups is 1. The molecule has 5 nitrogen and oxygen atoms in total. The number of carbonyl (C=O) groups excluding carboxylic acids is 1. The van der Waals surface area contributed by atoms with Crippen molar-refractivity contribution in [1.82, 2.24) is 4.90 Å². The van der Waals surface area contributed by atoms with E-state index in [2.05, 4.69) is 0 Å². The van der Waals surface area contributed by atoms with Crippen LogP contribution in [0.4, 0.5) is 9.18 Å². The summed E-state index contributed by atoms with van der Waals surface area (Å²) in [5.74, 6) is -0.540. The Kier molecular flexibility index (Phi) is 7.26. The fraction of sp³-hybridized carbons (Fsp3) is 0.632. The van der Waals surface area contributed by atoms with Crippen molar-refractivity contribution in [2.45, 2.75) is 45.3 Å². The summed E-state index contributed by atoms with van der Waals surface area (Å²) in [5.41, 5.74) is 5.42. The number of ether oxygens (including phenoxy) is 2. The highest BCUT2D eigenvalue weighted by molar-refractivity contribution is 6.30. The lowest BCUT2D eigenvalue weighted by molar-refractivity contribution is -0.0246.